The van der Waals surface area contributed by atoms with Crippen LogP contribution in [0.15, 0.2) is 65.7 Å². The minimum atomic E-state index is 0. The maximum atomic E-state index is 5.74. The summed E-state index contributed by atoms with van der Waals surface area (Å²) in [7, 11) is 3.20. The molecule has 0 atom stereocenters. The smallest absolute Gasteiger partial charge is 0.162 e. The number of halogens is 1. The van der Waals surface area contributed by atoms with E-state index in [0.717, 1.165) is 27.9 Å². The van der Waals surface area contributed by atoms with Crippen LogP contribution in [-0.4, -0.2) is 24.2 Å². The van der Waals surface area contributed by atoms with Crippen LogP contribution in [0.5, 0.6) is 17.2 Å². The zero-order chi connectivity index (χ0) is 19.3. The number of nitrogens with zero attached hydrogens (tertiary/aromatic N) is 2. The fraction of sp³-hybridized carbons (Fsp3) is 0.143. The maximum Gasteiger partial charge on any atom is 0.162 e. The molecule has 0 fully saturated rings. The van der Waals surface area contributed by atoms with Crippen molar-refractivity contribution in [3.63, 3.8) is 0 Å². The predicted molar refractivity (Wildman–Crippen MR) is 113 cm³/mol. The number of ether oxygens (including phenoxy) is 3. The standard InChI is InChI=1S/C21H19N3O4.ClH/c1-25-19-9-17-18(10-20(19)26-2)22-13-23-21(17)24-15-3-5-16(6-4-15)28-12-14-7-8-27-11-14;/h3-11,13H,12H2,1-2H3,(H,22,23,24);1H. The van der Waals surface area contributed by atoms with Crippen LogP contribution in [0.1, 0.15) is 5.56 Å². The lowest BCUT2D eigenvalue weighted by atomic mass is 10.2. The number of rotatable bonds is 7. The number of fused-ring (bicyclic) bond motifs is 1. The third kappa shape index (κ3) is 4.52. The molecule has 2 aromatic heterocycles. The van der Waals surface area contributed by atoms with Gasteiger partial charge in [0, 0.05) is 22.7 Å². The fourth-order valence-electron chi connectivity index (χ4n) is 2.80. The van der Waals surface area contributed by atoms with Gasteiger partial charge in [0.25, 0.3) is 0 Å². The average Bonchev–Trinajstić information content (AvgIpc) is 3.26. The van der Waals surface area contributed by atoms with E-state index in [2.05, 4.69) is 15.3 Å². The van der Waals surface area contributed by atoms with Crippen LogP contribution >= 0.6 is 12.4 Å². The third-order valence-corrected chi connectivity index (χ3v) is 4.24. The highest BCUT2D eigenvalue weighted by Crippen LogP contribution is 2.34. The second-order valence-corrected chi connectivity index (χ2v) is 6.02. The fourth-order valence-corrected chi connectivity index (χ4v) is 2.80. The van der Waals surface area contributed by atoms with Crippen LogP contribution in [0.3, 0.4) is 0 Å². The van der Waals surface area contributed by atoms with Gasteiger partial charge in [0.2, 0.25) is 0 Å². The van der Waals surface area contributed by atoms with Crippen LogP contribution in [0, 0.1) is 0 Å². The number of furan rings is 1. The van der Waals surface area contributed by atoms with Gasteiger partial charge in [-0.05, 0) is 36.4 Å². The molecular formula is C21H20ClN3O4. The van der Waals surface area contributed by atoms with Gasteiger partial charge in [0.05, 0.1) is 32.3 Å². The minimum Gasteiger partial charge on any atom is -0.493 e. The molecule has 0 aliphatic carbocycles. The molecule has 4 aromatic rings. The molecule has 8 heteroatoms. The van der Waals surface area contributed by atoms with Crippen LogP contribution in [0.4, 0.5) is 11.5 Å². The summed E-state index contributed by atoms with van der Waals surface area (Å²) in [6, 6.07) is 13.2. The van der Waals surface area contributed by atoms with E-state index in [9.17, 15) is 0 Å². The number of hydrogen-bond donors (Lipinski definition) is 1. The molecule has 0 amide bonds. The minimum absolute atomic E-state index is 0. The number of hydrogen-bond acceptors (Lipinski definition) is 7. The van der Waals surface area contributed by atoms with E-state index in [0.29, 0.717) is 23.9 Å². The highest BCUT2D eigenvalue weighted by molar-refractivity contribution is 5.93. The van der Waals surface area contributed by atoms with Crippen molar-refractivity contribution in [1.82, 2.24) is 9.97 Å². The van der Waals surface area contributed by atoms with E-state index in [4.69, 9.17) is 18.6 Å². The first-order valence-corrected chi connectivity index (χ1v) is 8.64. The highest BCUT2D eigenvalue weighted by Gasteiger charge is 2.11. The van der Waals surface area contributed by atoms with Gasteiger partial charge in [-0.2, -0.15) is 0 Å². The molecule has 0 radical (unpaired) electrons. The summed E-state index contributed by atoms with van der Waals surface area (Å²) in [5.74, 6) is 2.69. The number of nitrogens with one attached hydrogen (secondary N) is 1. The molecule has 0 aliphatic rings. The van der Waals surface area contributed by atoms with Crippen molar-refractivity contribution in [2.45, 2.75) is 6.61 Å². The zero-order valence-corrected chi connectivity index (χ0v) is 16.7. The van der Waals surface area contributed by atoms with E-state index >= 15 is 0 Å². The zero-order valence-electron chi connectivity index (χ0n) is 15.9. The Morgan fingerprint density at radius 3 is 2.41 bits per heavy atom. The molecule has 0 spiro atoms. The van der Waals surface area contributed by atoms with Gasteiger partial charge in [0.15, 0.2) is 11.5 Å². The number of methoxy groups -OCH3 is 2. The summed E-state index contributed by atoms with van der Waals surface area (Å²) >= 11 is 0. The summed E-state index contributed by atoms with van der Waals surface area (Å²) in [6.07, 6.45) is 4.81. The molecule has 29 heavy (non-hydrogen) atoms. The Bertz CT molecular complexity index is 1070. The molecule has 0 bridgehead atoms. The van der Waals surface area contributed by atoms with E-state index in [1.807, 2.05) is 42.5 Å². The van der Waals surface area contributed by atoms with Crippen molar-refractivity contribution >= 4 is 34.8 Å². The van der Waals surface area contributed by atoms with E-state index in [1.165, 1.54) is 6.33 Å². The normalized spacial score (nSPS) is 10.3. The van der Waals surface area contributed by atoms with Gasteiger partial charge in [-0.15, -0.1) is 12.4 Å². The van der Waals surface area contributed by atoms with Crippen molar-refractivity contribution in [3.8, 4) is 17.2 Å². The first-order valence-electron chi connectivity index (χ1n) is 8.64. The molecule has 0 saturated carbocycles. The van der Waals surface area contributed by atoms with Gasteiger partial charge in [-0.3, -0.25) is 0 Å². The Morgan fingerprint density at radius 2 is 1.72 bits per heavy atom. The lowest BCUT2D eigenvalue weighted by Gasteiger charge is -2.12. The Balaban J connectivity index is 0.00000240. The summed E-state index contributed by atoms with van der Waals surface area (Å²) in [5.41, 5.74) is 2.62. The topological polar surface area (TPSA) is 78.6 Å². The first-order chi connectivity index (χ1) is 13.8. The van der Waals surface area contributed by atoms with Gasteiger partial charge in [-0.25, -0.2) is 9.97 Å². The lowest BCUT2D eigenvalue weighted by Crippen LogP contribution is -1.98. The largest absolute Gasteiger partial charge is 0.493 e. The molecule has 7 nitrogen and oxygen atoms in total. The third-order valence-electron chi connectivity index (χ3n) is 4.24. The lowest BCUT2D eigenvalue weighted by molar-refractivity contribution is 0.305. The number of benzene rings is 2. The second kappa shape index (κ2) is 9.16. The predicted octanol–water partition coefficient (Wildman–Crippen LogP) is 4.98. The molecule has 150 valence electrons. The van der Waals surface area contributed by atoms with Gasteiger partial charge in [-0.1, -0.05) is 0 Å². The van der Waals surface area contributed by atoms with Crippen molar-refractivity contribution in [2.75, 3.05) is 19.5 Å². The maximum absolute atomic E-state index is 5.74. The van der Waals surface area contributed by atoms with Crippen LogP contribution in [0.25, 0.3) is 10.9 Å². The number of aromatic nitrogens is 2. The van der Waals surface area contributed by atoms with Gasteiger partial charge in [0.1, 0.15) is 24.5 Å². The van der Waals surface area contributed by atoms with Crippen LogP contribution < -0.4 is 19.5 Å². The first kappa shape index (κ1) is 20.3. The Morgan fingerprint density at radius 1 is 0.966 bits per heavy atom. The highest BCUT2D eigenvalue weighted by atomic mass is 35.5. The van der Waals surface area contributed by atoms with Crippen molar-refractivity contribution in [2.24, 2.45) is 0 Å². The monoisotopic (exact) mass is 413 g/mol. The molecule has 0 saturated heterocycles. The Kier molecular flexibility index (Phi) is 6.41. The van der Waals surface area contributed by atoms with Crippen molar-refractivity contribution in [3.05, 3.63) is 66.9 Å². The van der Waals surface area contributed by atoms with Gasteiger partial charge < -0.3 is 23.9 Å². The molecule has 4 rings (SSSR count). The quantitative estimate of drug-likeness (QED) is 0.457. The summed E-state index contributed by atoms with van der Waals surface area (Å²) in [6.45, 7) is 0.460. The molecule has 0 aliphatic heterocycles. The summed E-state index contributed by atoms with van der Waals surface area (Å²) in [5, 5.41) is 4.15. The summed E-state index contributed by atoms with van der Waals surface area (Å²) < 4.78 is 21.5. The Hall–Kier alpha value is -3.45. The van der Waals surface area contributed by atoms with Crippen molar-refractivity contribution in [1.29, 1.82) is 0 Å². The van der Waals surface area contributed by atoms with E-state index in [1.54, 1.807) is 26.7 Å². The average molecular weight is 414 g/mol. The van der Waals surface area contributed by atoms with Crippen LogP contribution in [0.2, 0.25) is 0 Å². The molecule has 2 aromatic carbocycles. The molecule has 2 heterocycles. The van der Waals surface area contributed by atoms with E-state index < -0.39 is 0 Å². The molecule has 0 unspecified atom stereocenters. The van der Waals surface area contributed by atoms with E-state index in [-0.39, 0.29) is 12.4 Å². The second-order valence-electron chi connectivity index (χ2n) is 6.02. The van der Waals surface area contributed by atoms with Crippen molar-refractivity contribution < 1.29 is 18.6 Å². The van der Waals surface area contributed by atoms with Gasteiger partial charge >= 0.3 is 0 Å². The SMILES string of the molecule is COc1cc2ncnc(Nc3ccc(OCc4ccoc4)cc3)c2cc1OC.Cl. The summed E-state index contributed by atoms with van der Waals surface area (Å²) in [4.78, 5) is 8.68. The Labute approximate surface area is 174 Å². The molecular weight excluding hydrogens is 394 g/mol. The van der Waals surface area contributed by atoms with Crippen LogP contribution in [-0.2, 0) is 6.61 Å². The molecule has 1 N–H and O–H groups in total. The number of anilines is 2.